The molecule has 1 aromatic heterocycles. The van der Waals surface area contributed by atoms with Gasteiger partial charge in [-0.3, -0.25) is 10.1 Å². The van der Waals surface area contributed by atoms with Gasteiger partial charge in [-0.1, -0.05) is 76.1 Å². The number of benzene rings is 2. The van der Waals surface area contributed by atoms with E-state index < -0.39 is 0 Å². The summed E-state index contributed by atoms with van der Waals surface area (Å²) in [5.41, 5.74) is 7.53. The second kappa shape index (κ2) is 8.34. The Hall–Kier alpha value is -3.28. The Morgan fingerprint density at radius 1 is 1.00 bits per heavy atom. The van der Waals surface area contributed by atoms with Gasteiger partial charge in [0.25, 0.3) is 11.9 Å². The lowest BCUT2D eigenvalue weighted by Crippen LogP contribution is -2.33. The predicted molar refractivity (Wildman–Crippen MR) is 128 cm³/mol. The van der Waals surface area contributed by atoms with Crippen LogP contribution < -0.4 is 5.32 Å². The third-order valence-corrected chi connectivity index (χ3v) is 6.69. The molecular formula is C26H31N5O. The van der Waals surface area contributed by atoms with E-state index in [9.17, 15) is 4.79 Å². The van der Waals surface area contributed by atoms with E-state index in [1.807, 2.05) is 24.3 Å². The number of hydrogen-bond acceptors (Lipinski definition) is 4. The molecule has 2 aromatic carbocycles. The average molecular weight is 430 g/mol. The molecule has 166 valence electrons. The molecule has 0 spiro atoms. The molecule has 6 nitrogen and oxygen atoms in total. The van der Waals surface area contributed by atoms with Crippen LogP contribution >= 0.6 is 0 Å². The van der Waals surface area contributed by atoms with Crippen molar-refractivity contribution in [2.24, 2.45) is 0 Å². The number of nitrogens with one attached hydrogen (secondary N) is 2. The standard InChI is InChI=1S/C26H31N5O/c1-6-18(20-11-12-21-22(16-20)26(4,5)14-13-25(21,2)3)15-17-7-9-19(10-8-17)23(32)27-24-28-30-31-29-24/h7-12,15-16H,6,13-14H2,1-5H3,(H2,27,28,29,30,31,32). The summed E-state index contributed by atoms with van der Waals surface area (Å²) in [7, 11) is 0. The van der Waals surface area contributed by atoms with Crippen molar-refractivity contribution in [1.29, 1.82) is 0 Å². The second-order valence-corrected chi connectivity index (χ2v) is 9.86. The number of anilines is 1. The summed E-state index contributed by atoms with van der Waals surface area (Å²) in [4.78, 5) is 12.3. The van der Waals surface area contributed by atoms with E-state index in [0.29, 0.717) is 5.56 Å². The zero-order valence-electron chi connectivity index (χ0n) is 19.5. The number of rotatable bonds is 5. The van der Waals surface area contributed by atoms with E-state index in [0.717, 1.165) is 12.0 Å². The van der Waals surface area contributed by atoms with Crippen LogP contribution in [0, 0.1) is 0 Å². The second-order valence-electron chi connectivity index (χ2n) is 9.86. The number of fused-ring (bicyclic) bond motifs is 1. The number of carbonyl (C=O) groups is 1. The largest absolute Gasteiger partial charge is 0.288 e. The first-order valence-corrected chi connectivity index (χ1v) is 11.2. The lowest BCUT2D eigenvalue weighted by atomic mass is 9.63. The zero-order chi connectivity index (χ0) is 22.9. The minimum Gasteiger partial charge on any atom is -0.288 e. The fraction of sp³-hybridized carbons (Fsp3) is 0.385. The van der Waals surface area contributed by atoms with Gasteiger partial charge in [0.15, 0.2) is 0 Å². The van der Waals surface area contributed by atoms with Gasteiger partial charge in [-0.15, -0.1) is 5.10 Å². The van der Waals surface area contributed by atoms with Gasteiger partial charge in [-0.2, -0.15) is 5.21 Å². The first kappa shape index (κ1) is 21.9. The van der Waals surface area contributed by atoms with Crippen molar-refractivity contribution in [2.75, 3.05) is 5.32 Å². The van der Waals surface area contributed by atoms with Gasteiger partial charge in [0, 0.05) is 5.56 Å². The van der Waals surface area contributed by atoms with Crippen LogP contribution in [-0.4, -0.2) is 26.5 Å². The number of allylic oxidation sites excluding steroid dienone is 1. The number of hydrogen-bond donors (Lipinski definition) is 2. The third-order valence-electron chi connectivity index (χ3n) is 6.69. The molecule has 1 aliphatic carbocycles. The molecule has 1 amide bonds. The molecule has 1 heterocycles. The van der Waals surface area contributed by atoms with Crippen LogP contribution in [0.3, 0.4) is 0 Å². The molecule has 3 aromatic rings. The van der Waals surface area contributed by atoms with Gasteiger partial charge >= 0.3 is 0 Å². The molecule has 0 unspecified atom stereocenters. The summed E-state index contributed by atoms with van der Waals surface area (Å²) in [6.07, 6.45) is 5.57. The number of amides is 1. The van der Waals surface area contributed by atoms with Gasteiger partial charge in [-0.25, -0.2) is 0 Å². The molecule has 0 saturated heterocycles. The molecule has 32 heavy (non-hydrogen) atoms. The fourth-order valence-corrected chi connectivity index (χ4v) is 4.50. The number of H-pyrrole nitrogens is 1. The highest BCUT2D eigenvalue weighted by Gasteiger charge is 2.36. The summed E-state index contributed by atoms with van der Waals surface area (Å²) in [5, 5.41) is 15.9. The van der Waals surface area contributed by atoms with Crippen LogP contribution in [-0.2, 0) is 10.8 Å². The SMILES string of the molecule is CCC(=Cc1ccc(C(=O)Nc2nn[nH]n2)cc1)c1ccc2c(c1)C(C)(C)CCC2(C)C. The average Bonchev–Trinajstić information content (AvgIpc) is 3.28. The molecule has 2 N–H and O–H groups in total. The molecule has 1 aliphatic rings. The van der Waals surface area contributed by atoms with Gasteiger partial charge < -0.3 is 0 Å². The maximum Gasteiger partial charge on any atom is 0.270 e. The van der Waals surface area contributed by atoms with Crippen LogP contribution in [0.2, 0.25) is 0 Å². The molecule has 4 rings (SSSR count). The highest BCUT2D eigenvalue weighted by Crippen LogP contribution is 2.46. The maximum absolute atomic E-state index is 12.3. The fourth-order valence-electron chi connectivity index (χ4n) is 4.50. The molecule has 0 aliphatic heterocycles. The van der Waals surface area contributed by atoms with Crippen molar-refractivity contribution in [3.05, 3.63) is 70.3 Å². The van der Waals surface area contributed by atoms with E-state index >= 15 is 0 Å². The molecular weight excluding hydrogens is 398 g/mol. The monoisotopic (exact) mass is 429 g/mol. The first-order valence-electron chi connectivity index (χ1n) is 11.2. The normalized spacial score (nSPS) is 17.0. The van der Waals surface area contributed by atoms with Gasteiger partial charge in [0.2, 0.25) is 0 Å². The summed E-state index contributed by atoms with van der Waals surface area (Å²) >= 11 is 0. The maximum atomic E-state index is 12.3. The van der Waals surface area contributed by atoms with Crippen molar-refractivity contribution in [2.45, 2.75) is 64.7 Å². The minimum atomic E-state index is -0.267. The van der Waals surface area contributed by atoms with Crippen LogP contribution in [0.15, 0.2) is 42.5 Å². The number of aromatic nitrogens is 4. The lowest BCUT2D eigenvalue weighted by molar-refractivity contribution is 0.102. The van der Waals surface area contributed by atoms with Crippen molar-refractivity contribution in [3.63, 3.8) is 0 Å². The van der Waals surface area contributed by atoms with Crippen molar-refractivity contribution >= 4 is 23.5 Å². The van der Waals surface area contributed by atoms with Gasteiger partial charge in [0.05, 0.1) is 0 Å². The molecule has 0 saturated carbocycles. The predicted octanol–water partition coefficient (Wildman–Crippen LogP) is 5.75. The highest BCUT2D eigenvalue weighted by atomic mass is 16.1. The first-order chi connectivity index (χ1) is 15.2. The van der Waals surface area contributed by atoms with E-state index in [-0.39, 0.29) is 22.7 Å². The number of aromatic amines is 1. The summed E-state index contributed by atoms with van der Waals surface area (Å²) in [6.45, 7) is 11.6. The van der Waals surface area contributed by atoms with Crippen molar-refractivity contribution < 1.29 is 4.79 Å². The Kier molecular flexibility index (Phi) is 5.71. The highest BCUT2D eigenvalue weighted by molar-refractivity contribution is 6.03. The van der Waals surface area contributed by atoms with E-state index in [2.05, 4.69) is 84.8 Å². The topological polar surface area (TPSA) is 83.6 Å². The molecule has 0 radical (unpaired) electrons. The van der Waals surface area contributed by atoms with E-state index in [1.165, 1.54) is 35.1 Å². The molecule has 0 atom stereocenters. The van der Waals surface area contributed by atoms with Crippen LogP contribution in [0.5, 0.6) is 0 Å². The Morgan fingerprint density at radius 2 is 1.66 bits per heavy atom. The Labute approximate surface area is 189 Å². The van der Waals surface area contributed by atoms with Gasteiger partial charge in [0.1, 0.15) is 0 Å². The van der Waals surface area contributed by atoms with Crippen LogP contribution in [0.1, 0.15) is 86.5 Å². The summed E-state index contributed by atoms with van der Waals surface area (Å²) in [6, 6.07) is 14.6. The van der Waals surface area contributed by atoms with E-state index in [1.54, 1.807) is 0 Å². The number of nitrogens with zero attached hydrogens (tertiary/aromatic N) is 3. The molecule has 0 bridgehead atoms. The smallest absolute Gasteiger partial charge is 0.270 e. The minimum absolute atomic E-state index is 0.158. The summed E-state index contributed by atoms with van der Waals surface area (Å²) in [5.74, 6) is -0.108. The molecule has 0 fully saturated rings. The third kappa shape index (κ3) is 4.35. The lowest BCUT2D eigenvalue weighted by Gasteiger charge is -2.42. The Balaban J connectivity index is 1.60. The summed E-state index contributed by atoms with van der Waals surface area (Å²) < 4.78 is 0. The number of carbonyl (C=O) groups excluding carboxylic acids is 1. The van der Waals surface area contributed by atoms with Crippen LogP contribution in [0.4, 0.5) is 5.95 Å². The van der Waals surface area contributed by atoms with Crippen molar-refractivity contribution in [1.82, 2.24) is 20.6 Å². The Morgan fingerprint density at radius 3 is 2.28 bits per heavy atom. The quantitative estimate of drug-likeness (QED) is 0.506. The zero-order valence-corrected chi connectivity index (χ0v) is 19.5. The number of tetrazole rings is 1. The molecule has 6 heteroatoms. The Bertz CT molecular complexity index is 1140. The van der Waals surface area contributed by atoms with Gasteiger partial charge in [-0.05, 0) is 75.3 Å². The van der Waals surface area contributed by atoms with E-state index in [4.69, 9.17) is 0 Å². The van der Waals surface area contributed by atoms with Crippen LogP contribution in [0.25, 0.3) is 11.6 Å². The van der Waals surface area contributed by atoms with Crippen molar-refractivity contribution in [3.8, 4) is 0 Å².